The summed E-state index contributed by atoms with van der Waals surface area (Å²) in [4.78, 5) is 0. The Labute approximate surface area is 69.4 Å². The second-order valence-corrected chi connectivity index (χ2v) is 5.39. The van der Waals surface area contributed by atoms with E-state index in [-0.39, 0.29) is 0 Å². The van der Waals surface area contributed by atoms with Crippen molar-refractivity contribution in [2.75, 3.05) is 6.54 Å². The Kier molecular flexibility index (Phi) is 1.26. The van der Waals surface area contributed by atoms with Gasteiger partial charge in [-0.3, -0.25) is 0 Å². The van der Waals surface area contributed by atoms with Crippen LogP contribution < -0.4 is 5.73 Å². The van der Waals surface area contributed by atoms with Gasteiger partial charge in [0, 0.05) is 0 Å². The molecule has 0 amide bonds. The van der Waals surface area contributed by atoms with Crippen molar-refractivity contribution >= 4 is 0 Å². The minimum absolute atomic E-state index is 0.637. The lowest BCUT2D eigenvalue weighted by Gasteiger charge is -2.12. The summed E-state index contributed by atoms with van der Waals surface area (Å²) in [7, 11) is 0. The molecule has 3 unspecified atom stereocenters. The Balaban J connectivity index is 1.99. The molecule has 64 valence electrons. The maximum absolute atomic E-state index is 5.66. The van der Waals surface area contributed by atoms with Crippen LogP contribution in [0.1, 0.15) is 33.6 Å². The molecule has 0 aromatic carbocycles. The van der Waals surface area contributed by atoms with Crippen molar-refractivity contribution in [1.29, 1.82) is 0 Å². The average Bonchev–Trinajstić information content (AvgIpc) is 2.72. The molecule has 0 heterocycles. The van der Waals surface area contributed by atoms with E-state index in [4.69, 9.17) is 5.73 Å². The largest absolute Gasteiger partial charge is 0.330 e. The highest BCUT2D eigenvalue weighted by Crippen LogP contribution is 2.72. The van der Waals surface area contributed by atoms with Crippen LogP contribution in [0.25, 0.3) is 0 Å². The molecule has 2 aliphatic carbocycles. The Morgan fingerprint density at radius 1 is 1.27 bits per heavy atom. The lowest BCUT2D eigenvalue weighted by atomic mass is 9.94. The van der Waals surface area contributed by atoms with Crippen LogP contribution in [0.5, 0.6) is 0 Å². The van der Waals surface area contributed by atoms with Crippen molar-refractivity contribution < 1.29 is 0 Å². The highest BCUT2D eigenvalue weighted by molar-refractivity contribution is 5.14. The molecule has 2 rings (SSSR count). The van der Waals surface area contributed by atoms with Gasteiger partial charge in [-0.05, 0) is 42.1 Å². The Bertz CT molecular complexity index is 185. The van der Waals surface area contributed by atoms with Crippen molar-refractivity contribution in [1.82, 2.24) is 0 Å². The van der Waals surface area contributed by atoms with E-state index in [9.17, 15) is 0 Å². The van der Waals surface area contributed by atoms with E-state index in [0.717, 1.165) is 18.4 Å². The first-order valence-electron chi connectivity index (χ1n) is 4.71. The van der Waals surface area contributed by atoms with Crippen molar-refractivity contribution in [2.24, 2.45) is 28.4 Å². The van der Waals surface area contributed by atoms with Gasteiger partial charge in [0.2, 0.25) is 0 Å². The molecule has 0 aliphatic heterocycles. The number of rotatable bonds is 2. The molecule has 3 atom stereocenters. The normalized spacial score (nSPS) is 52.4. The highest BCUT2D eigenvalue weighted by Gasteiger charge is 2.65. The summed E-state index contributed by atoms with van der Waals surface area (Å²) in [6, 6.07) is 0. The van der Waals surface area contributed by atoms with E-state index >= 15 is 0 Å². The maximum Gasteiger partial charge on any atom is -0.00433 e. The predicted octanol–water partition coefficient (Wildman–Crippen LogP) is 2.02. The van der Waals surface area contributed by atoms with Crippen molar-refractivity contribution in [3.63, 3.8) is 0 Å². The third-order valence-electron chi connectivity index (χ3n) is 4.05. The minimum Gasteiger partial charge on any atom is -0.330 e. The van der Waals surface area contributed by atoms with Gasteiger partial charge in [0.25, 0.3) is 0 Å². The number of nitrogens with two attached hydrogens (primary N) is 1. The maximum atomic E-state index is 5.66. The Hall–Kier alpha value is -0.0400. The lowest BCUT2D eigenvalue weighted by Crippen LogP contribution is -2.12. The molecule has 1 heteroatoms. The summed E-state index contributed by atoms with van der Waals surface area (Å²) in [6.07, 6.45) is 2.82. The van der Waals surface area contributed by atoms with E-state index < -0.39 is 0 Å². The molecule has 0 radical (unpaired) electrons. The zero-order valence-corrected chi connectivity index (χ0v) is 7.85. The summed E-state index contributed by atoms with van der Waals surface area (Å²) in [5.74, 6) is 1.82. The van der Waals surface area contributed by atoms with Gasteiger partial charge in [0.1, 0.15) is 0 Å². The van der Waals surface area contributed by atoms with Crippen LogP contribution in [0.15, 0.2) is 0 Å². The van der Waals surface area contributed by atoms with Gasteiger partial charge in [-0.2, -0.15) is 0 Å². The average molecular weight is 153 g/mol. The SMILES string of the molecule is CC1(C)CC1C1(C)CC1CN. The van der Waals surface area contributed by atoms with Crippen LogP contribution in [-0.2, 0) is 0 Å². The molecule has 11 heavy (non-hydrogen) atoms. The van der Waals surface area contributed by atoms with Gasteiger partial charge >= 0.3 is 0 Å². The molecule has 2 saturated carbocycles. The first kappa shape index (κ1) is 7.60. The number of hydrogen-bond donors (Lipinski definition) is 1. The molecule has 1 nitrogen and oxygen atoms in total. The number of hydrogen-bond acceptors (Lipinski definition) is 1. The van der Waals surface area contributed by atoms with Gasteiger partial charge < -0.3 is 5.73 Å². The summed E-state index contributed by atoms with van der Waals surface area (Å²) >= 11 is 0. The zero-order chi connectivity index (χ0) is 8.28. The molecule has 2 fully saturated rings. The minimum atomic E-state index is 0.637. The van der Waals surface area contributed by atoms with Crippen LogP contribution >= 0.6 is 0 Å². The first-order chi connectivity index (χ1) is 5.00. The monoisotopic (exact) mass is 153 g/mol. The third kappa shape index (κ3) is 0.936. The van der Waals surface area contributed by atoms with Crippen LogP contribution in [-0.4, -0.2) is 6.54 Å². The summed E-state index contributed by atoms with van der Waals surface area (Å²) < 4.78 is 0. The summed E-state index contributed by atoms with van der Waals surface area (Å²) in [6.45, 7) is 8.09. The fraction of sp³-hybridized carbons (Fsp3) is 1.00. The van der Waals surface area contributed by atoms with Gasteiger partial charge in [0.15, 0.2) is 0 Å². The Morgan fingerprint density at radius 3 is 2.09 bits per heavy atom. The standard InChI is InChI=1S/C10H19N/c1-9(2)5-8(9)10(3)4-7(10)6-11/h7-8H,4-6,11H2,1-3H3. The van der Waals surface area contributed by atoms with Gasteiger partial charge in [-0.1, -0.05) is 20.8 Å². The summed E-state index contributed by atoms with van der Waals surface area (Å²) in [5, 5.41) is 0. The second-order valence-electron chi connectivity index (χ2n) is 5.39. The topological polar surface area (TPSA) is 26.0 Å². The third-order valence-corrected chi connectivity index (χ3v) is 4.05. The zero-order valence-electron chi connectivity index (χ0n) is 7.85. The van der Waals surface area contributed by atoms with E-state index in [1.54, 1.807) is 0 Å². The molecule has 0 aromatic heterocycles. The molecule has 0 saturated heterocycles. The molecule has 0 spiro atoms. The smallest absolute Gasteiger partial charge is 0.00433 e. The molecule has 2 N–H and O–H groups in total. The quantitative estimate of drug-likeness (QED) is 0.645. The molecule has 0 bridgehead atoms. The van der Waals surface area contributed by atoms with E-state index in [1.165, 1.54) is 12.8 Å². The lowest BCUT2D eigenvalue weighted by molar-refractivity contribution is 0.371. The molecular formula is C10H19N. The molecule has 0 aromatic rings. The van der Waals surface area contributed by atoms with Crippen LogP contribution in [0.2, 0.25) is 0 Å². The molecular weight excluding hydrogens is 134 g/mol. The van der Waals surface area contributed by atoms with Gasteiger partial charge in [-0.15, -0.1) is 0 Å². The Morgan fingerprint density at radius 2 is 1.82 bits per heavy atom. The van der Waals surface area contributed by atoms with Crippen LogP contribution in [0.4, 0.5) is 0 Å². The second kappa shape index (κ2) is 1.82. The highest BCUT2D eigenvalue weighted by atomic mass is 14.7. The van der Waals surface area contributed by atoms with Gasteiger partial charge in [-0.25, -0.2) is 0 Å². The summed E-state index contributed by atoms with van der Waals surface area (Å²) in [5.41, 5.74) is 6.94. The van der Waals surface area contributed by atoms with Gasteiger partial charge in [0.05, 0.1) is 0 Å². The van der Waals surface area contributed by atoms with E-state index in [1.807, 2.05) is 0 Å². The first-order valence-corrected chi connectivity index (χ1v) is 4.71. The fourth-order valence-corrected chi connectivity index (χ4v) is 2.84. The van der Waals surface area contributed by atoms with Crippen molar-refractivity contribution in [3.05, 3.63) is 0 Å². The van der Waals surface area contributed by atoms with E-state index in [0.29, 0.717) is 10.8 Å². The predicted molar refractivity (Wildman–Crippen MR) is 47.2 cm³/mol. The van der Waals surface area contributed by atoms with Crippen LogP contribution in [0, 0.1) is 22.7 Å². The molecule has 2 aliphatic rings. The fourth-order valence-electron chi connectivity index (χ4n) is 2.84. The van der Waals surface area contributed by atoms with Crippen molar-refractivity contribution in [3.8, 4) is 0 Å². The van der Waals surface area contributed by atoms with E-state index in [2.05, 4.69) is 20.8 Å². The van der Waals surface area contributed by atoms with Crippen molar-refractivity contribution in [2.45, 2.75) is 33.6 Å². The van der Waals surface area contributed by atoms with Crippen LogP contribution in [0.3, 0.4) is 0 Å².